The van der Waals surface area contributed by atoms with Crippen LogP contribution in [0.15, 0.2) is 6.20 Å². The van der Waals surface area contributed by atoms with Gasteiger partial charge in [-0.25, -0.2) is 19.1 Å². The first-order chi connectivity index (χ1) is 12.0. The van der Waals surface area contributed by atoms with Crippen LogP contribution in [0.4, 0.5) is 0 Å². The Labute approximate surface area is 155 Å². The fourth-order valence-electron chi connectivity index (χ4n) is 2.70. The van der Waals surface area contributed by atoms with Crippen LogP contribution in [0.3, 0.4) is 0 Å². The van der Waals surface area contributed by atoms with Crippen LogP contribution in [0, 0.1) is 0 Å². The van der Waals surface area contributed by atoms with Gasteiger partial charge in [-0.3, -0.25) is 4.57 Å². The highest BCUT2D eigenvalue weighted by atomic mass is 32.2. The van der Waals surface area contributed by atoms with Gasteiger partial charge in [0, 0.05) is 40.3 Å². The van der Waals surface area contributed by atoms with E-state index in [9.17, 15) is 22.9 Å². The molecule has 10 nitrogen and oxygen atoms in total. The number of hydrogen-bond donors (Lipinski definition) is 1. The van der Waals surface area contributed by atoms with Gasteiger partial charge in [-0.15, -0.1) is 0 Å². The van der Waals surface area contributed by atoms with Gasteiger partial charge in [0.1, 0.15) is 0 Å². The third-order valence-corrected chi connectivity index (χ3v) is 9.49. The molecule has 1 heterocycles. The molecule has 0 saturated carbocycles. The number of nitrogens with zero attached hydrogens (tertiary/aromatic N) is 5. The Morgan fingerprint density at radius 1 is 1.12 bits per heavy atom. The molecule has 1 aromatic heterocycles. The van der Waals surface area contributed by atoms with Crippen molar-refractivity contribution in [3.63, 3.8) is 0 Å². The molecule has 0 bridgehead atoms. The Kier molecular flexibility index (Phi) is 7.55. The Bertz CT molecular complexity index is 768. The van der Waals surface area contributed by atoms with E-state index in [2.05, 4.69) is 4.98 Å². The lowest BCUT2D eigenvalue weighted by atomic mass is 10.5. The summed E-state index contributed by atoms with van der Waals surface area (Å²) in [6.07, 6.45) is 0.943. The van der Waals surface area contributed by atoms with Crippen LogP contribution in [0.2, 0.25) is 0 Å². The molecule has 0 aromatic carbocycles. The molecule has 12 heteroatoms. The second kappa shape index (κ2) is 8.62. The highest BCUT2D eigenvalue weighted by molar-refractivity contribution is 7.88. The summed E-state index contributed by atoms with van der Waals surface area (Å²) in [6, 6.07) is 0. The summed E-state index contributed by atoms with van der Waals surface area (Å²) < 4.78 is 44.5. The molecule has 0 unspecified atom stereocenters. The molecule has 0 spiro atoms. The van der Waals surface area contributed by atoms with Crippen molar-refractivity contribution in [2.45, 2.75) is 27.7 Å². The molecule has 0 atom stereocenters. The molecule has 0 saturated heterocycles. The van der Waals surface area contributed by atoms with Crippen molar-refractivity contribution in [2.24, 2.45) is 0 Å². The first-order valence-electron chi connectivity index (χ1n) is 8.39. The molecule has 150 valence electrons. The minimum Gasteiger partial charge on any atom is -0.476 e. The minimum atomic E-state index is -4.24. The van der Waals surface area contributed by atoms with Gasteiger partial charge in [-0.2, -0.15) is 16.7 Å². The van der Waals surface area contributed by atoms with Gasteiger partial charge in [0.2, 0.25) is 5.57 Å². The van der Waals surface area contributed by atoms with E-state index in [1.54, 1.807) is 9.34 Å². The topological polar surface area (TPSA) is 116 Å². The van der Waals surface area contributed by atoms with Gasteiger partial charge in [0.25, 0.3) is 7.44 Å². The molecule has 0 aliphatic rings. The molecule has 1 aromatic rings. The van der Waals surface area contributed by atoms with Crippen molar-refractivity contribution in [3.8, 4) is 0 Å². The SMILES string of the molecule is CCN(CC)P(=O)(c1ncc(C(=O)O)n1S(=O)(=O)N(C)C)N(CC)CC. The van der Waals surface area contributed by atoms with Crippen LogP contribution in [0.25, 0.3) is 0 Å². The number of carboxylic acids is 1. The lowest BCUT2D eigenvalue weighted by molar-refractivity contribution is 0.0689. The summed E-state index contributed by atoms with van der Waals surface area (Å²) in [5.41, 5.74) is -0.816. The predicted octanol–water partition coefficient (Wildman–Crippen LogP) is 0.738. The van der Waals surface area contributed by atoms with E-state index >= 15 is 0 Å². The highest BCUT2D eigenvalue weighted by Gasteiger charge is 2.44. The van der Waals surface area contributed by atoms with E-state index in [4.69, 9.17) is 0 Å². The van der Waals surface area contributed by atoms with Crippen molar-refractivity contribution in [2.75, 3.05) is 40.3 Å². The van der Waals surface area contributed by atoms with Crippen molar-refractivity contribution in [1.29, 1.82) is 0 Å². The maximum absolute atomic E-state index is 14.2. The van der Waals surface area contributed by atoms with Crippen LogP contribution in [0.5, 0.6) is 0 Å². The molecule has 0 fully saturated rings. The summed E-state index contributed by atoms with van der Waals surface area (Å²) in [5, 5.41) is 9.44. The third-order valence-electron chi connectivity index (χ3n) is 4.10. The number of carboxylic acid groups (broad SMARTS) is 1. The zero-order chi connectivity index (χ0) is 20.3. The quantitative estimate of drug-likeness (QED) is 0.563. The molecule has 1 N–H and O–H groups in total. The first-order valence-corrected chi connectivity index (χ1v) is 11.4. The largest absolute Gasteiger partial charge is 0.476 e. The predicted molar refractivity (Wildman–Crippen MR) is 100 cm³/mol. The Morgan fingerprint density at radius 2 is 1.54 bits per heavy atom. The number of hydrogen-bond acceptors (Lipinski definition) is 5. The summed E-state index contributed by atoms with van der Waals surface area (Å²) in [5.74, 6) is -1.46. The molecule has 0 radical (unpaired) electrons. The fourth-order valence-corrected chi connectivity index (χ4v) is 7.24. The second-order valence-electron chi connectivity index (χ2n) is 5.63. The Hall–Kier alpha value is -1.26. The van der Waals surface area contributed by atoms with Crippen LogP contribution in [0.1, 0.15) is 38.2 Å². The van der Waals surface area contributed by atoms with Crippen LogP contribution in [-0.2, 0) is 14.8 Å². The van der Waals surface area contributed by atoms with Crippen LogP contribution >= 0.6 is 7.44 Å². The molecule has 0 aliphatic carbocycles. The number of aromatic nitrogens is 2. The fraction of sp³-hybridized carbons (Fsp3) is 0.714. The van der Waals surface area contributed by atoms with Crippen molar-refractivity contribution in [1.82, 2.24) is 22.6 Å². The highest BCUT2D eigenvalue weighted by Crippen LogP contribution is 2.51. The van der Waals surface area contributed by atoms with Gasteiger partial charge in [-0.1, -0.05) is 27.7 Å². The zero-order valence-electron chi connectivity index (χ0n) is 16.1. The molecule has 0 amide bonds. The summed E-state index contributed by atoms with van der Waals surface area (Å²) >= 11 is 0. The van der Waals surface area contributed by atoms with E-state index in [1.807, 2.05) is 27.7 Å². The molecular formula is C14H28N5O5PS. The smallest absolute Gasteiger partial charge is 0.355 e. The van der Waals surface area contributed by atoms with Gasteiger partial charge >= 0.3 is 16.2 Å². The molecule has 1 rings (SSSR count). The van der Waals surface area contributed by atoms with E-state index in [-0.39, 0.29) is 5.57 Å². The first kappa shape index (κ1) is 22.8. The number of aromatic carboxylic acids is 1. The summed E-state index contributed by atoms with van der Waals surface area (Å²) in [6.45, 7) is 8.81. The lowest BCUT2D eigenvalue weighted by Gasteiger charge is -2.37. The minimum absolute atomic E-state index is 0.268. The number of imidazole rings is 1. The van der Waals surface area contributed by atoms with Gasteiger partial charge in [0.05, 0.1) is 6.20 Å². The average Bonchev–Trinajstić information content (AvgIpc) is 3.03. The van der Waals surface area contributed by atoms with E-state index in [1.165, 1.54) is 14.1 Å². The van der Waals surface area contributed by atoms with Gasteiger partial charge in [-0.05, 0) is 0 Å². The summed E-state index contributed by atoms with van der Waals surface area (Å²) in [4.78, 5) is 15.6. The third kappa shape index (κ3) is 3.72. The maximum Gasteiger partial charge on any atom is 0.355 e. The lowest BCUT2D eigenvalue weighted by Crippen LogP contribution is -2.44. The van der Waals surface area contributed by atoms with E-state index in [0.717, 1.165) is 10.5 Å². The van der Waals surface area contributed by atoms with Gasteiger partial charge in [0.15, 0.2) is 5.69 Å². The van der Waals surface area contributed by atoms with E-state index < -0.39 is 29.3 Å². The van der Waals surface area contributed by atoms with Gasteiger partial charge < -0.3 is 5.11 Å². The Balaban J connectivity index is 3.96. The molecular weight excluding hydrogens is 381 g/mol. The molecule has 0 aliphatic heterocycles. The van der Waals surface area contributed by atoms with Crippen molar-refractivity contribution >= 4 is 29.2 Å². The Morgan fingerprint density at radius 3 is 1.85 bits per heavy atom. The number of rotatable bonds is 10. The second-order valence-corrected chi connectivity index (χ2v) is 10.2. The zero-order valence-corrected chi connectivity index (χ0v) is 17.8. The van der Waals surface area contributed by atoms with Crippen LogP contribution < -0.4 is 5.57 Å². The average molecular weight is 409 g/mol. The van der Waals surface area contributed by atoms with Crippen LogP contribution in [-0.4, -0.2) is 82.4 Å². The number of carbonyl (C=O) groups is 1. The van der Waals surface area contributed by atoms with Crippen molar-refractivity contribution < 1.29 is 22.9 Å². The monoisotopic (exact) mass is 409 g/mol. The summed E-state index contributed by atoms with van der Waals surface area (Å²) in [7, 11) is -5.31. The van der Waals surface area contributed by atoms with Crippen molar-refractivity contribution in [3.05, 3.63) is 11.9 Å². The molecule has 26 heavy (non-hydrogen) atoms. The standard InChI is InChI=1S/C14H28N5O5PS/c1-7-17(8-2)25(22,18(9-3)10-4)14-15-11-12(13(20)21)19(14)26(23,24)16(5)6/h11H,7-10H2,1-6H3,(H,20,21). The maximum atomic E-state index is 14.2. The van der Waals surface area contributed by atoms with E-state index in [0.29, 0.717) is 30.2 Å². The normalized spacial score (nSPS) is 13.1.